The third-order valence-corrected chi connectivity index (χ3v) is 4.52. The Labute approximate surface area is 101 Å². The second kappa shape index (κ2) is 4.65. The number of nitrogens with zero attached hydrogens (tertiary/aromatic N) is 4. The largest absolute Gasteiger partial charge is 0.213 e. The average molecular weight is 309 g/mol. The number of aryl methyl sites for hydroxylation is 1. The van der Waals surface area contributed by atoms with E-state index in [0.29, 0.717) is 0 Å². The summed E-state index contributed by atoms with van der Waals surface area (Å²) in [4.78, 5) is 4.33. The van der Waals surface area contributed by atoms with Gasteiger partial charge in [-0.05, 0) is 39.2 Å². The van der Waals surface area contributed by atoms with Crippen LogP contribution in [0.3, 0.4) is 0 Å². The van der Waals surface area contributed by atoms with Crippen LogP contribution in [-0.4, -0.2) is 19.6 Å². The molecule has 0 saturated carbocycles. The van der Waals surface area contributed by atoms with Crippen molar-refractivity contribution in [1.29, 1.82) is 0 Å². The highest BCUT2D eigenvalue weighted by Gasteiger charge is 2.08. The lowest BCUT2D eigenvalue weighted by molar-refractivity contribution is 0.966. The van der Waals surface area contributed by atoms with Crippen molar-refractivity contribution in [1.82, 2.24) is 19.6 Å². The zero-order valence-corrected chi connectivity index (χ0v) is 11.1. The van der Waals surface area contributed by atoms with Crippen molar-refractivity contribution < 1.29 is 0 Å². The SMILES string of the molecule is CCc1nsc(Sc2nnc(Br)s2)n1. The second-order valence-corrected chi connectivity index (χ2v) is 6.75. The Bertz CT molecular complexity index is 426. The lowest BCUT2D eigenvalue weighted by Gasteiger charge is -1.85. The van der Waals surface area contributed by atoms with E-state index in [2.05, 4.69) is 35.5 Å². The fourth-order valence-corrected chi connectivity index (χ4v) is 4.08. The molecule has 0 aliphatic rings. The van der Waals surface area contributed by atoms with Gasteiger partial charge in [0.2, 0.25) is 0 Å². The van der Waals surface area contributed by atoms with Crippen molar-refractivity contribution in [3.05, 3.63) is 9.74 Å². The van der Waals surface area contributed by atoms with Crippen LogP contribution in [0.1, 0.15) is 12.7 Å². The molecule has 14 heavy (non-hydrogen) atoms. The summed E-state index contributed by atoms with van der Waals surface area (Å²) in [7, 11) is 0. The van der Waals surface area contributed by atoms with E-state index in [4.69, 9.17) is 0 Å². The summed E-state index contributed by atoms with van der Waals surface area (Å²) in [5.74, 6) is 0.890. The van der Waals surface area contributed by atoms with Crippen molar-refractivity contribution in [2.24, 2.45) is 0 Å². The molecule has 2 aromatic heterocycles. The Balaban J connectivity index is 2.10. The number of aromatic nitrogens is 4. The van der Waals surface area contributed by atoms with Gasteiger partial charge in [0.05, 0.1) is 0 Å². The van der Waals surface area contributed by atoms with Gasteiger partial charge in [-0.1, -0.05) is 18.3 Å². The number of rotatable bonds is 3. The molecular weight excluding hydrogens is 304 g/mol. The monoisotopic (exact) mass is 308 g/mol. The van der Waals surface area contributed by atoms with Crippen molar-refractivity contribution in [2.75, 3.05) is 0 Å². The van der Waals surface area contributed by atoms with E-state index in [-0.39, 0.29) is 0 Å². The minimum Gasteiger partial charge on any atom is -0.213 e. The molecule has 0 bridgehead atoms. The highest BCUT2D eigenvalue weighted by Crippen LogP contribution is 2.32. The maximum atomic E-state index is 4.33. The summed E-state index contributed by atoms with van der Waals surface area (Å²) in [6, 6.07) is 0. The third kappa shape index (κ3) is 2.50. The maximum absolute atomic E-state index is 4.33. The number of hydrogen-bond donors (Lipinski definition) is 0. The molecule has 0 unspecified atom stereocenters. The minimum atomic E-state index is 0.792. The highest BCUT2D eigenvalue weighted by atomic mass is 79.9. The van der Waals surface area contributed by atoms with E-state index in [9.17, 15) is 0 Å². The van der Waals surface area contributed by atoms with Gasteiger partial charge in [0.1, 0.15) is 5.82 Å². The summed E-state index contributed by atoms with van der Waals surface area (Å²) >= 11 is 7.67. The van der Waals surface area contributed by atoms with E-state index in [1.807, 2.05) is 6.92 Å². The summed E-state index contributed by atoms with van der Waals surface area (Å²) in [5, 5.41) is 7.83. The normalized spacial score (nSPS) is 10.7. The number of halogens is 1. The quantitative estimate of drug-likeness (QED) is 0.872. The van der Waals surface area contributed by atoms with Gasteiger partial charge in [-0.15, -0.1) is 10.2 Å². The molecule has 0 fully saturated rings. The molecule has 74 valence electrons. The van der Waals surface area contributed by atoms with Gasteiger partial charge in [-0.25, -0.2) is 4.98 Å². The van der Waals surface area contributed by atoms with E-state index in [1.54, 1.807) is 0 Å². The van der Waals surface area contributed by atoms with E-state index in [0.717, 1.165) is 24.8 Å². The molecule has 2 aromatic rings. The van der Waals surface area contributed by atoms with Crippen LogP contribution in [0, 0.1) is 0 Å². The van der Waals surface area contributed by atoms with E-state index < -0.39 is 0 Å². The Morgan fingerprint density at radius 1 is 1.36 bits per heavy atom. The van der Waals surface area contributed by atoms with Crippen LogP contribution in [0.15, 0.2) is 12.6 Å². The molecule has 0 aromatic carbocycles. The Hall–Kier alpha value is -0.0500. The van der Waals surface area contributed by atoms with Crippen LogP contribution in [0.5, 0.6) is 0 Å². The maximum Gasteiger partial charge on any atom is 0.184 e. The first-order chi connectivity index (χ1) is 6.78. The van der Waals surface area contributed by atoms with Gasteiger partial charge >= 0.3 is 0 Å². The van der Waals surface area contributed by atoms with Gasteiger partial charge in [0.15, 0.2) is 12.6 Å². The summed E-state index contributed by atoms with van der Waals surface area (Å²) in [6.45, 7) is 2.04. The summed E-state index contributed by atoms with van der Waals surface area (Å²) in [6.07, 6.45) is 0.872. The van der Waals surface area contributed by atoms with E-state index >= 15 is 0 Å². The fraction of sp³-hybridized carbons (Fsp3) is 0.333. The van der Waals surface area contributed by atoms with Crippen LogP contribution in [0.25, 0.3) is 0 Å². The molecule has 2 rings (SSSR count). The Kier molecular flexibility index (Phi) is 3.47. The molecule has 0 saturated heterocycles. The van der Waals surface area contributed by atoms with Crippen molar-refractivity contribution in [3.8, 4) is 0 Å². The fourth-order valence-electron chi connectivity index (χ4n) is 0.732. The zero-order valence-electron chi connectivity index (χ0n) is 7.10. The number of hydrogen-bond acceptors (Lipinski definition) is 7. The minimum absolute atomic E-state index is 0.792. The third-order valence-electron chi connectivity index (χ3n) is 1.32. The molecule has 0 radical (unpaired) electrons. The van der Waals surface area contributed by atoms with Crippen molar-refractivity contribution >= 4 is 50.6 Å². The second-order valence-electron chi connectivity index (χ2n) is 2.25. The molecular formula is C6H5BrN4S3. The van der Waals surface area contributed by atoms with Crippen molar-refractivity contribution in [2.45, 2.75) is 22.0 Å². The van der Waals surface area contributed by atoms with Crippen LogP contribution < -0.4 is 0 Å². The van der Waals surface area contributed by atoms with Crippen LogP contribution >= 0.6 is 50.6 Å². The Morgan fingerprint density at radius 2 is 2.21 bits per heavy atom. The highest BCUT2D eigenvalue weighted by molar-refractivity contribution is 9.11. The first-order valence-corrected chi connectivity index (χ1v) is 6.97. The topological polar surface area (TPSA) is 51.6 Å². The smallest absolute Gasteiger partial charge is 0.184 e. The van der Waals surface area contributed by atoms with Gasteiger partial charge in [0, 0.05) is 6.42 Å². The van der Waals surface area contributed by atoms with Crippen molar-refractivity contribution in [3.63, 3.8) is 0 Å². The predicted octanol–water partition coefficient (Wildman–Crippen LogP) is 2.87. The average Bonchev–Trinajstić information content (AvgIpc) is 2.76. The van der Waals surface area contributed by atoms with Crippen LogP contribution in [0.4, 0.5) is 0 Å². The van der Waals surface area contributed by atoms with Gasteiger partial charge < -0.3 is 0 Å². The molecule has 0 spiro atoms. The van der Waals surface area contributed by atoms with Crippen LogP contribution in [-0.2, 0) is 6.42 Å². The van der Waals surface area contributed by atoms with E-state index in [1.165, 1.54) is 34.6 Å². The lowest BCUT2D eigenvalue weighted by atomic mass is 10.5. The molecule has 0 amide bonds. The first kappa shape index (κ1) is 10.5. The first-order valence-electron chi connectivity index (χ1n) is 3.77. The zero-order chi connectivity index (χ0) is 9.97. The Morgan fingerprint density at radius 3 is 2.79 bits per heavy atom. The van der Waals surface area contributed by atoms with Crippen LogP contribution in [0.2, 0.25) is 0 Å². The van der Waals surface area contributed by atoms with Gasteiger partial charge in [-0.2, -0.15) is 4.37 Å². The summed E-state index contributed by atoms with van der Waals surface area (Å²) < 4.78 is 6.79. The molecule has 4 nitrogen and oxygen atoms in total. The molecule has 0 N–H and O–H groups in total. The standard InChI is InChI=1S/C6H5BrN4S3/c1-2-3-8-5(14-11-3)13-6-10-9-4(7)12-6/h2H2,1H3. The molecule has 0 aliphatic carbocycles. The molecule has 2 heterocycles. The molecule has 8 heteroatoms. The van der Waals surface area contributed by atoms with Gasteiger partial charge in [-0.3, -0.25) is 0 Å². The lowest BCUT2D eigenvalue weighted by Crippen LogP contribution is -1.80. The molecule has 0 aliphatic heterocycles. The predicted molar refractivity (Wildman–Crippen MR) is 61.0 cm³/mol. The van der Waals surface area contributed by atoms with Gasteiger partial charge in [0.25, 0.3) is 0 Å². The molecule has 0 atom stereocenters. The summed E-state index contributed by atoms with van der Waals surface area (Å²) in [5.41, 5.74) is 0.